The Morgan fingerprint density at radius 3 is 2.44 bits per heavy atom. The first kappa shape index (κ1) is 23.9. The zero-order valence-corrected chi connectivity index (χ0v) is 20.9. The lowest BCUT2D eigenvalue weighted by Crippen LogP contribution is -2.28. The van der Waals surface area contributed by atoms with Gasteiger partial charge in [-0.25, -0.2) is 4.98 Å². The van der Waals surface area contributed by atoms with E-state index in [9.17, 15) is 5.11 Å². The second-order valence-electron chi connectivity index (χ2n) is 9.31. The van der Waals surface area contributed by atoms with Gasteiger partial charge in [-0.2, -0.15) is 0 Å². The smallest absolute Gasteiger partial charge is 0.231 e. The van der Waals surface area contributed by atoms with E-state index in [1.54, 1.807) is 12.1 Å². The highest BCUT2D eigenvalue weighted by Crippen LogP contribution is 2.35. The van der Waals surface area contributed by atoms with Crippen molar-refractivity contribution in [1.29, 1.82) is 0 Å². The molecule has 0 amide bonds. The Morgan fingerprint density at radius 1 is 0.944 bits per heavy atom. The van der Waals surface area contributed by atoms with Gasteiger partial charge in [0.15, 0.2) is 11.5 Å². The minimum absolute atomic E-state index is 0.103. The van der Waals surface area contributed by atoms with E-state index in [0.717, 1.165) is 66.5 Å². The molecule has 0 bridgehead atoms. The molecule has 0 fully saturated rings. The number of nitrogens with zero attached hydrogens (tertiary/aromatic N) is 3. The van der Waals surface area contributed by atoms with Crippen molar-refractivity contribution in [1.82, 2.24) is 14.5 Å². The van der Waals surface area contributed by atoms with Crippen LogP contribution in [-0.4, -0.2) is 26.4 Å². The Bertz CT molecular complexity index is 1280. The van der Waals surface area contributed by atoms with Crippen LogP contribution in [0.15, 0.2) is 79.0 Å². The first-order valence-corrected chi connectivity index (χ1v) is 12.6. The first-order valence-electron chi connectivity index (χ1n) is 12.6. The van der Waals surface area contributed by atoms with Crippen LogP contribution in [0.2, 0.25) is 0 Å². The molecule has 2 heterocycles. The highest BCUT2D eigenvalue weighted by atomic mass is 16.7. The van der Waals surface area contributed by atoms with E-state index in [1.807, 2.05) is 30.5 Å². The first-order chi connectivity index (χ1) is 17.6. The highest BCUT2D eigenvalue weighted by molar-refractivity contribution is 5.56. The van der Waals surface area contributed by atoms with Crippen LogP contribution in [0.3, 0.4) is 0 Å². The second-order valence-corrected chi connectivity index (χ2v) is 9.31. The number of imidazole rings is 1. The second kappa shape index (κ2) is 10.9. The molecule has 0 radical (unpaired) electrons. The molecule has 0 spiro atoms. The predicted molar refractivity (Wildman–Crippen MR) is 141 cm³/mol. The van der Waals surface area contributed by atoms with Gasteiger partial charge in [-0.05, 0) is 48.7 Å². The molecule has 0 saturated carbocycles. The summed E-state index contributed by atoms with van der Waals surface area (Å²) in [7, 11) is 0. The van der Waals surface area contributed by atoms with Crippen LogP contribution in [0, 0.1) is 0 Å². The number of ether oxygens (including phenoxy) is 2. The van der Waals surface area contributed by atoms with Gasteiger partial charge in [0.1, 0.15) is 11.6 Å². The van der Waals surface area contributed by atoms with Crippen molar-refractivity contribution in [3.63, 3.8) is 0 Å². The average Bonchev–Trinajstić information content (AvgIpc) is 3.55. The number of phenolic OH excluding ortho intramolecular Hbond substituents is 1. The standard InChI is InChI=1S/C30H33N3O3/c1-3-4-16-33-27(18-31-30(33)25-8-6-5-7-9-25)22(2)32(19-23-10-13-26(34)14-11-23)20-24-12-15-28-29(17-24)36-21-35-28/h5-15,17-18,22,34H,3-4,16,19-21H2,1-2H3. The van der Waals surface area contributed by atoms with Crippen LogP contribution in [0.4, 0.5) is 0 Å². The Morgan fingerprint density at radius 2 is 1.67 bits per heavy atom. The van der Waals surface area contributed by atoms with Crippen molar-refractivity contribution < 1.29 is 14.6 Å². The monoisotopic (exact) mass is 483 g/mol. The van der Waals surface area contributed by atoms with Crippen molar-refractivity contribution in [3.8, 4) is 28.6 Å². The maximum Gasteiger partial charge on any atom is 0.231 e. The summed E-state index contributed by atoms with van der Waals surface area (Å²) in [5, 5.41) is 9.78. The number of benzene rings is 3. The van der Waals surface area contributed by atoms with E-state index in [0.29, 0.717) is 0 Å². The summed E-state index contributed by atoms with van der Waals surface area (Å²) in [5.41, 5.74) is 4.63. The van der Waals surface area contributed by atoms with Crippen LogP contribution in [0.25, 0.3) is 11.4 Å². The number of aromatic hydroxyl groups is 1. The van der Waals surface area contributed by atoms with E-state index in [-0.39, 0.29) is 18.6 Å². The van der Waals surface area contributed by atoms with Crippen molar-refractivity contribution in [2.24, 2.45) is 0 Å². The summed E-state index contributed by atoms with van der Waals surface area (Å²) in [4.78, 5) is 7.33. The van der Waals surface area contributed by atoms with Gasteiger partial charge >= 0.3 is 0 Å². The number of fused-ring (bicyclic) bond motifs is 1. The molecular formula is C30H33N3O3. The Kier molecular flexibility index (Phi) is 7.23. The molecule has 1 unspecified atom stereocenters. The number of rotatable bonds is 10. The van der Waals surface area contributed by atoms with Crippen molar-refractivity contribution in [2.75, 3.05) is 6.79 Å². The SMILES string of the molecule is CCCCn1c(C(C)N(Cc2ccc(O)cc2)Cc2ccc3c(c2)OCO3)cnc1-c1ccccc1. The molecule has 5 rings (SSSR count). The van der Waals surface area contributed by atoms with Crippen molar-refractivity contribution in [2.45, 2.75) is 52.4 Å². The molecule has 0 aliphatic carbocycles. The molecule has 36 heavy (non-hydrogen) atoms. The predicted octanol–water partition coefficient (Wildman–Crippen LogP) is 6.55. The summed E-state index contributed by atoms with van der Waals surface area (Å²) in [6.07, 6.45) is 4.25. The van der Waals surface area contributed by atoms with Gasteiger partial charge in [-0.3, -0.25) is 4.90 Å². The lowest BCUT2D eigenvalue weighted by atomic mass is 10.1. The van der Waals surface area contributed by atoms with Crippen LogP contribution in [-0.2, 0) is 19.6 Å². The Hall–Kier alpha value is -3.77. The summed E-state index contributed by atoms with van der Waals surface area (Å²) in [5.74, 6) is 2.88. The quantitative estimate of drug-likeness (QED) is 0.277. The number of hydrogen-bond acceptors (Lipinski definition) is 5. The summed E-state index contributed by atoms with van der Waals surface area (Å²) >= 11 is 0. The Balaban J connectivity index is 1.49. The van der Waals surface area contributed by atoms with Crippen LogP contribution in [0.1, 0.15) is 49.6 Å². The van der Waals surface area contributed by atoms with Gasteiger partial charge < -0.3 is 19.1 Å². The van der Waals surface area contributed by atoms with Gasteiger partial charge in [0.2, 0.25) is 6.79 Å². The molecule has 6 heteroatoms. The molecular weight excluding hydrogens is 450 g/mol. The van der Waals surface area contributed by atoms with Crippen LogP contribution < -0.4 is 9.47 Å². The molecule has 6 nitrogen and oxygen atoms in total. The fraction of sp³-hybridized carbons (Fsp3) is 0.300. The molecule has 186 valence electrons. The molecule has 1 N–H and O–H groups in total. The summed E-state index contributed by atoms with van der Waals surface area (Å²) in [6.45, 7) is 7.14. The van der Waals surface area contributed by atoms with Gasteiger partial charge in [-0.15, -0.1) is 0 Å². The average molecular weight is 484 g/mol. The zero-order chi connectivity index (χ0) is 24.9. The molecule has 0 saturated heterocycles. The molecule has 1 aromatic heterocycles. The minimum atomic E-state index is 0.103. The van der Waals surface area contributed by atoms with Crippen LogP contribution >= 0.6 is 0 Å². The van der Waals surface area contributed by atoms with E-state index in [4.69, 9.17) is 14.5 Å². The third-order valence-electron chi connectivity index (χ3n) is 6.77. The summed E-state index contributed by atoms with van der Waals surface area (Å²) in [6, 6.07) is 24.1. The topological polar surface area (TPSA) is 59.8 Å². The van der Waals surface area contributed by atoms with Gasteiger partial charge in [0.05, 0.1) is 11.9 Å². The highest BCUT2D eigenvalue weighted by Gasteiger charge is 2.24. The number of unbranched alkanes of at least 4 members (excludes halogenated alkanes) is 1. The fourth-order valence-electron chi connectivity index (χ4n) is 4.72. The van der Waals surface area contributed by atoms with Crippen molar-refractivity contribution >= 4 is 0 Å². The molecule has 1 aliphatic rings. The van der Waals surface area contributed by atoms with E-state index in [2.05, 4.69) is 59.7 Å². The lowest BCUT2D eigenvalue weighted by molar-refractivity contribution is 0.173. The lowest BCUT2D eigenvalue weighted by Gasteiger charge is -2.30. The summed E-state index contributed by atoms with van der Waals surface area (Å²) < 4.78 is 13.5. The molecule has 3 aromatic carbocycles. The van der Waals surface area contributed by atoms with Gasteiger partial charge in [0.25, 0.3) is 0 Å². The van der Waals surface area contributed by atoms with Crippen molar-refractivity contribution in [3.05, 3.63) is 95.8 Å². The molecule has 1 atom stereocenters. The number of hydrogen-bond donors (Lipinski definition) is 1. The third-order valence-corrected chi connectivity index (χ3v) is 6.77. The largest absolute Gasteiger partial charge is 0.508 e. The zero-order valence-electron chi connectivity index (χ0n) is 20.9. The maximum atomic E-state index is 9.78. The Labute approximate surface area is 212 Å². The number of aromatic nitrogens is 2. The van der Waals surface area contributed by atoms with Gasteiger partial charge in [-0.1, -0.05) is 61.9 Å². The number of phenols is 1. The third kappa shape index (κ3) is 5.24. The normalized spacial score (nSPS) is 13.3. The van der Waals surface area contributed by atoms with E-state index >= 15 is 0 Å². The van der Waals surface area contributed by atoms with Crippen LogP contribution in [0.5, 0.6) is 17.2 Å². The van der Waals surface area contributed by atoms with Gasteiger partial charge in [0, 0.05) is 31.2 Å². The molecule has 1 aliphatic heterocycles. The van der Waals surface area contributed by atoms with E-state index in [1.165, 1.54) is 5.69 Å². The molecule has 4 aromatic rings. The minimum Gasteiger partial charge on any atom is -0.508 e. The maximum absolute atomic E-state index is 9.78. The fourth-order valence-corrected chi connectivity index (χ4v) is 4.72. The van der Waals surface area contributed by atoms with E-state index < -0.39 is 0 Å².